The van der Waals surface area contributed by atoms with Crippen molar-refractivity contribution in [3.8, 4) is 0 Å². The Morgan fingerprint density at radius 3 is 2.50 bits per heavy atom. The summed E-state index contributed by atoms with van der Waals surface area (Å²) in [6, 6.07) is 11.1. The molecular formula is C20H21FN4O3. The van der Waals surface area contributed by atoms with Crippen molar-refractivity contribution in [1.29, 1.82) is 0 Å². The SMILES string of the molecule is CC(=O)Nc1cc(NCC(=O)Nc2ccccc2C(=O)NC2CC2)ccc1F. The van der Waals surface area contributed by atoms with E-state index >= 15 is 0 Å². The lowest BCUT2D eigenvalue weighted by atomic mass is 10.1. The van der Waals surface area contributed by atoms with Gasteiger partial charge in [-0.2, -0.15) is 0 Å². The second-order valence-corrected chi connectivity index (χ2v) is 6.57. The molecule has 146 valence electrons. The van der Waals surface area contributed by atoms with Crippen LogP contribution in [0.1, 0.15) is 30.1 Å². The van der Waals surface area contributed by atoms with E-state index in [1.165, 1.54) is 25.1 Å². The van der Waals surface area contributed by atoms with Crippen LogP contribution in [0.5, 0.6) is 0 Å². The van der Waals surface area contributed by atoms with Crippen LogP contribution in [-0.4, -0.2) is 30.3 Å². The van der Waals surface area contributed by atoms with Gasteiger partial charge in [0.15, 0.2) is 0 Å². The molecule has 1 aliphatic rings. The van der Waals surface area contributed by atoms with Crippen molar-refractivity contribution in [3.63, 3.8) is 0 Å². The molecule has 3 rings (SSSR count). The van der Waals surface area contributed by atoms with Crippen LogP contribution in [0.2, 0.25) is 0 Å². The molecule has 3 amide bonds. The first-order valence-electron chi connectivity index (χ1n) is 8.93. The molecule has 2 aromatic rings. The van der Waals surface area contributed by atoms with Gasteiger partial charge in [0.1, 0.15) is 5.82 Å². The molecule has 1 saturated carbocycles. The van der Waals surface area contributed by atoms with Gasteiger partial charge in [-0.1, -0.05) is 12.1 Å². The average Bonchev–Trinajstić information content (AvgIpc) is 3.46. The van der Waals surface area contributed by atoms with Crippen LogP contribution in [0.15, 0.2) is 42.5 Å². The van der Waals surface area contributed by atoms with E-state index in [9.17, 15) is 18.8 Å². The molecule has 0 radical (unpaired) electrons. The molecule has 0 unspecified atom stereocenters. The molecule has 0 bridgehead atoms. The van der Waals surface area contributed by atoms with Gasteiger partial charge in [0.25, 0.3) is 5.91 Å². The average molecular weight is 384 g/mol. The van der Waals surface area contributed by atoms with Gasteiger partial charge < -0.3 is 21.3 Å². The summed E-state index contributed by atoms with van der Waals surface area (Å²) < 4.78 is 13.7. The van der Waals surface area contributed by atoms with Crippen LogP contribution in [0.3, 0.4) is 0 Å². The van der Waals surface area contributed by atoms with E-state index in [1.807, 2.05) is 0 Å². The number of halogens is 1. The fourth-order valence-corrected chi connectivity index (χ4v) is 2.58. The van der Waals surface area contributed by atoms with Gasteiger partial charge in [-0.25, -0.2) is 4.39 Å². The van der Waals surface area contributed by atoms with E-state index < -0.39 is 11.7 Å². The van der Waals surface area contributed by atoms with Gasteiger partial charge >= 0.3 is 0 Å². The second-order valence-electron chi connectivity index (χ2n) is 6.57. The van der Waals surface area contributed by atoms with Crippen LogP contribution >= 0.6 is 0 Å². The van der Waals surface area contributed by atoms with Gasteiger partial charge in [-0.3, -0.25) is 14.4 Å². The molecule has 7 nitrogen and oxygen atoms in total. The van der Waals surface area contributed by atoms with Gasteiger partial charge in [-0.15, -0.1) is 0 Å². The number of anilines is 3. The summed E-state index contributed by atoms with van der Waals surface area (Å²) in [6.07, 6.45) is 1.95. The zero-order valence-corrected chi connectivity index (χ0v) is 15.3. The predicted octanol–water partition coefficient (Wildman–Crippen LogP) is 2.73. The molecule has 0 heterocycles. The number of carbonyl (C=O) groups excluding carboxylic acids is 3. The Hall–Kier alpha value is -3.42. The third-order valence-corrected chi connectivity index (χ3v) is 4.09. The summed E-state index contributed by atoms with van der Waals surface area (Å²) in [5.41, 5.74) is 1.32. The smallest absolute Gasteiger partial charge is 0.253 e. The van der Waals surface area contributed by atoms with Crippen LogP contribution in [0.25, 0.3) is 0 Å². The van der Waals surface area contributed by atoms with Crippen molar-refractivity contribution in [1.82, 2.24) is 5.32 Å². The van der Waals surface area contributed by atoms with Crippen molar-refractivity contribution in [3.05, 3.63) is 53.8 Å². The molecule has 2 aromatic carbocycles. The fraction of sp³-hybridized carbons (Fsp3) is 0.250. The molecule has 1 aliphatic carbocycles. The minimum atomic E-state index is -0.569. The summed E-state index contributed by atoms with van der Waals surface area (Å²) in [5.74, 6) is -1.54. The molecule has 1 fully saturated rings. The molecular weight excluding hydrogens is 363 g/mol. The predicted molar refractivity (Wildman–Crippen MR) is 105 cm³/mol. The van der Waals surface area contributed by atoms with E-state index in [2.05, 4.69) is 21.3 Å². The Bertz CT molecular complexity index is 912. The quantitative estimate of drug-likeness (QED) is 0.590. The third kappa shape index (κ3) is 5.29. The van der Waals surface area contributed by atoms with Crippen molar-refractivity contribution in [2.75, 3.05) is 22.5 Å². The van der Waals surface area contributed by atoms with E-state index in [0.717, 1.165) is 12.8 Å². The maximum Gasteiger partial charge on any atom is 0.253 e. The monoisotopic (exact) mass is 384 g/mol. The largest absolute Gasteiger partial charge is 0.376 e. The first-order chi connectivity index (χ1) is 13.4. The number of para-hydroxylation sites is 1. The van der Waals surface area contributed by atoms with Gasteiger partial charge in [0.05, 0.1) is 23.5 Å². The van der Waals surface area contributed by atoms with Crippen LogP contribution < -0.4 is 21.3 Å². The van der Waals surface area contributed by atoms with E-state index in [-0.39, 0.29) is 30.1 Å². The van der Waals surface area contributed by atoms with E-state index in [1.54, 1.807) is 24.3 Å². The Labute approximate surface area is 161 Å². The van der Waals surface area contributed by atoms with Gasteiger partial charge in [0, 0.05) is 18.7 Å². The third-order valence-electron chi connectivity index (χ3n) is 4.09. The molecule has 0 aromatic heterocycles. The van der Waals surface area contributed by atoms with E-state index in [0.29, 0.717) is 16.9 Å². The highest BCUT2D eigenvalue weighted by atomic mass is 19.1. The maximum atomic E-state index is 13.7. The highest BCUT2D eigenvalue weighted by Gasteiger charge is 2.25. The lowest BCUT2D eigenvalue weighted by Gasteiger charge is -2.13. The number of amides is 3. The zero-order valence-electron chi connectivity index (χ0n) is 15.3. The highest BCUT2D eigenvalue weighted by molar-refractivity contribution is 6.04. The normalized spacial score (nSPS) is 12.8. The van der Waals surface area contributed by atoms with E-state index in [4.69, 9.17) is 0 Å². The maximum absolute atomic E-state index is 13.7. The molecule has 4 N–H and O–H groups in total. The first kappa shape index (κ1) is 19.3. The molecule has 0 saturated heterocycles. The Morgan fingerprint density at radius 2 is 1.79 bits per heavy atom. The fourth-order valence-electron chi connectivity index (χ4n) is 2.58. The number of benzene rings is 2. The standard InChI is InChI=1S/C20H21FN4O3/c1-12(26)23-18-10-14(8-9-16(18)21)22-11-19(27)25-17-5-3-2-4-15(17)20(28)24-13-6-7-13/h2-5,8-10,13,22H,6-7,11H2,1H3,(H,23,26)(H,24,28)(H,25,27). The number of hydrogen-bond donors (Lipinski definition) is 4. The van der Waals surface area contributed by atoms with Crippen LogP contribution in [0, 0.1) is 5.82 Å². The van der Waals surface area contributed by atoms with Crippen molar-refractivity contribution in [2.45, 2.75) is 25.8 Å². The van der Waals surface area contributed by atoms with Crippen LogP contribution in [-0.2, 0) is 9.59 Å². The number of carbonyl (C=O) groups is 3. The lowest BCUT2D eigenvalue weighted by molar-refractivity contribution is -0.115. The Kier molecular flexibility index (Phi) is 5.88. The molecule has 8 heteroatoms. The first-order valence-corrected chi connectivity index (χ1v) is 8.93. The summed E-state index contributed by atoms with van der Waals surface area (Å²) >= 11 is 0. The second kappa shape index (κ2) is 8.51. The minimum Gasteiger partial charge on any atom is -0.376 e. The summed E-state index contributed by atoms with van der Waals surface area (Å²) in [4.78, 5) is 35.7. The molecule has 0 atom stereocenters. The van der Waals surface area contributed by atoms with Crippen molar-refractivity contribution < 1.29 is 18.8 Å². The number of hydrogen-bond acceptors (Lipinski definition) is 4. The van der Waals surface area contributed by atoms with Crippen molar-refractivity contribution >= 4 is 34.8 Å². The molecule has 28 heavy (non-hydrogen) atoms. The summed E-state index contributed by atoms with van der Waals surface area (Å²) in [6.45, 7) is 1.19. The van der Waals surface area contributed by atoms with Crippen LogP contribution in [0.4, 0.5) is 21.5 Å². The summed E-state index contributed by atoms with van der Waals surface area (Å²) in [7, 11) is 0. The highest BCUT2D eigenvalue weighted by Crippen LogP contribution is 2.22. The Balaban J connectivity index is 1.60. The number of rotatable bonds is 7. The Morgan fingerprint density at radius 1 is 1.04 bits per heavy atom. The number of nitrogens with one attached hydrogen (secondary N) is 4. The lowest BCUT2D eigenvalue weighted by Crippen LogP contribution is -2.28. The molecule has 0 aliphatic heterocycles. The van der Waals surface area contributed by atoms with Crippen molar-refractivity contribution in [2.24, 2.45) is 0 Å². The summed E-state index contributed by atoms with van der Waals surface area (Å²) in [5, 5.41) is 10.8. The zero-order chi connectivity index (χ0) is 20.1. The minimum absolute atomic E-state index is 0.0278. The van der Waals surface area contributed by atoms with Gasteiger partial charge in [-0.05, 0) is 43.2 Å². The topological polar surface area (TPSA) is 99.3 Å². The van der Waals surface area contributed by atoms with Gasteiger partial charge in [0.2, 0.25) is 11.8 Å². The molecule has 0 spiro atoms.